The predicted molar refractivity (Wildman–Crippen MR) is 72.0 cm³/mol. The topological polar surface area (TPSA) is 94.7 Å². The summed E-state index contributed by atoms with van der Waals surface area (Å²) in [6, 6.07) is 5.37. The largest absolute Gasteiger partial charge is 0.445 e. The maximum atomic E-state index is 13.5. The van der Waals surface area contributed by atoms with Gasteiger partial charge in [-0.05, 0) is 29.3 Å². The SMILES string of the molecule is O=[N+]([O-])c1cc2c(cc1Oc1cccnc1F)[C@H](O)COC2. The summed E-state index contributed by atoms with van der Waals surface area (Å²) in [6.45, 7) is 0.250. The van der Waals surface area contributed by atoms with Crippen molar-refractivity contribution < 1.29 is 23.9 Å². The third-order valence-electron chi connectivity index (χ3n) is 3.25. The fraction of sp³-hybridized carbons (Fsp3) is 0.214. The quantitative estimate of drug-likeness (QED) is 0.532. The molecule has 0 spiro atoms. The van der Waals surface area contributed by atoms with Crippen molar-refractivity contribution in [3.05, 3.63) is 57.7 Å². The van der Waals surface area contributed by atoms with E-state index in [0.717, 1.165) is 0 Å². The normalized spacial score (nSPS) is 16.9. The second-order valence-corrected chi connectivity index (χ2v) is 4.70. The molecule has 1 N–H and O–H groups in total. The lowest BCUT2D eigenvalue weighted by Gasteiger charge is -2.22. The zero-order valence-electron chi connectivity index (χ0n) is 11.2. The number of aromatic nitrogens is 1. The van der Waals surface area contributed by atoms with Gasteiger partial charge in [-0.3, -0.25) is 10.1 Å². The van der Waals surface area contributed by atoms with Crippen LogP contribution < -0.4 is 4.74 Å². The van der Waals surface area contributed by atoms with Gasteiger partial charge in [0, 0.05) is 12.3 Å². The molecule has 8 heteroatoms. The van der Waals surface area contributed by atoms with Gasteiger partial charge in [0.1, 0.15) is 6.10 Å². The summed E-state index contributed by atoms with van der Waals surface area (Å²) in [5.74, 6) is -1.26. The maximum absolute atomic E-state index is 13.5. The molecule has 1 aliphatic rings. The number of aliphatic hydroxyl groups excluding tert-OH is 1. The zero-order valence-corrected chi connectivity index (χ0v) is 11.2. The van der Waals surface area contributed by atoms with Crippen molar-refractivity contribution in [3.8, 4) is 11.5 Å². The molecule has 0 radical (unpaired) electrons. The maximum Gasteiger partial charge on any atom is 0.311 e. The number of hydrogen-bond donors (Lipinski definition) is 1. The van der Waals surface area contributed by atoms with E-state index in [2.05, 4.69) is 4.98 Å². The molecule has 0 saturated carbocycles. The summed E-state index contributed by atoms with van der Waals surface area (Å²) in [5, 5.41) is 21.1. The van der Waals surface area contributed by atoms with Crippen LogP contribution in [0.15, 0.2) is 30.5 Å². The summed E-state index contributed by atoms with van der Waals surface area (Å²) >= 11 is 0. The Balaban J connectivity index is 2.07. The predicted octanol–water partition coefficient (Wildman–Crippen LogP) is 2.48. The van der Waals surface area contributed by atoms with Gasteiger partial charge in [-0.25, -0.2) is 4.98 Å². The first-order chi connectivity index (χ1) is 10.6. The van der Waals surface area contributed by atoms with Crippen LogP contribution in [-0.4, -0.2) is 21.6 Å². The number of fused-ring (bicyclic) bond motifs is 1. The molecule has 0 saturated heterocycles. The van der Waals surface area contributed by atoms with Crippen LogP contribution in [-0.2, 0) is 11.3 Å². The molecule has 2 aromatic rings. The van der Waals surface area contributed by atoms with E-state index in [0.29, 0.717) is 11.1 Å². The number of benzene rings is 1. The molecule has 0 unspecified atom stereocenters. The number of aliphatic hydroxyl groups is 1. The second kappa shape index (κ2) is 5.66. The van der Waals surface area contributed by atoms with Crippen LogP contribution in [0.5, 0.6) is 11.5 Å². The van der Waals surface area contributed by atoms with Crippen molar-refractivity contribution in [3.63, 3.8) is 0 Å². The highest BCUT2D eigenvalue weighted by molar-refractivity contribution is 5.54. The molecule has 0 fully saturated rings. The Morgan fingerprint density at radius 3 is 3.00 bits per heavy atom. The van der Waals surface area contributed by atoms with Crippen LogP contribution >= 0.6 is 0 Å². The van der Waals surface area contributed by atoms with Crippen molar-refractivity contribution in [2.24, 2.45) is 0 Å². The Kier molecular flexibility index (Phi) is 3.70. The fourth-order valence-corrected chi connectivity index (χ4v) is 2.22. The molecule has 1 aliphatic heterocycles. The Labute approximate surface area is 124 Å². The third-order valence-corrected chi connectivity index (χ3v) is 3.25. The van der Waals surface area contributed by atoms with Crippen LogP contribution in [0, 0.1) is 16.1 Å². The lowest BCUT2D eigenvalue weighted by molar-refractivity contribution is -0.385. The van der Waals surface area contributed by atoms with Crippen LogP contribution in [0.25, 0.3) is 0 Å². The van der Waals surface area contributed by atoms with Gasteiger partial charge in [0.25, 0.3) is 5.95 Å². The Bertz CT molecular complexity index is 737. The van der Waals surface area contributed by atoms with Gasteiger partial charge in [0.15, 0.2) is 5.75 Å². The highest BCUT2D eigenvalue weighted by Crippen LogP contribution is 2.38. The van der Waals surface area contributed by atoms with Crippen molar-refractivity contribution in [2.75, 3.05) is 6.61 Å². The van der Waals surface area contributed by atoms with Crippen molar-refractivity contribution in [1.29, 1.82) is 0 Å². The second-order valence-electron chi connectivity index (χ2n) is 4.70. The third kappa shape index (κ3) is 2.61. The van der Waals surface area contributed by atoms with Gasteiger partial charge in [-0.1, -0.05) is 0 Å². The van der Waals surface area contributed by atoms with E-state index in [1.54, 1.807) is 0 Å². The first-order valence-electron chi connectivity index (χ1n) is 6.41. The lowest BCUT2D eigenvalue weighted by Crippen LogP contribution is -2.16. The van der Waals surface area contributed by atoms with Gasteiger partial charge >= 0.3 is 5.69 Å². The number of ether oxygens (including phenoxy) is 2. The lowest BCUT2D eigenvalue weighted by atomic mass is 9.99. The van der Waals surface area contributed by atoms with E-state index in [4.69, 9.17) is 9.47 Å². The van der Waals surface area contributed by atoms with Gasteiger partial charge < -0.3 is 14.6 Å². The van der Waals surface area contributed by atoms with E-state index in [1.807, 2.05) is 0 Å². The zero-order chi connectivity index (χ0) is 15.7. The van der Waals surface area contributed by atoms with Gasteiger partial charge in [0.05, 0.1) is 18.1 Å². The molecule has 2 heterocycles. The van der Waals surface area contributed by atoms with E-state index < -0.39 is 17.0 Å². The number of nitrogens with zero attached hydrogens (tertiary/aromatic N) is 2. The average Bonchev–Trinajstić information content (AvgIpc) is 2.49. The molecular weight excluding hydrogens is 295 g/mol. The molecule has 1 aromatic carbocycles. The standard InChI is InChI=1S/C14H11FN2O5/c15-14-12(2-1-3-16-14)22-13-5-9-8(4-10(13)17(19)20)6-21-7-11(9)18/h1-5,11,18H,6-7H2/t11-/m1/s1. The minimum absolute atomic E-state index is 0.0888. The summed E-state index contributed by atoms with van der Waals surface area (Å²) in [7, 11) is 0. The minimum Gasteiger partial charge on any atom is -0.445 e. The number of nitro groups is 1. The first kappa shape index (κ1) is 14.4. The number of hydrogen-bond acceptors (Lipinski definition) is 6. The Morgan fingerprint density at radius 1 is 1.45 bits per heavy atom. The minimum atomic E-state index is -0.911. The summed E-state index contributed by atoms with van der Waals surface area (Å²) < 4.78 is 24.0. The molecule has 1 aromatic heterocycles. The number of rotatable bonds is 3. The highest BCUT2D eigenvalue weighted by Gasteiger charge is 2.26. The first-order valence-corrected chi connectivity index (χ1v) is 6.41. The van der Waals surface area contributed by atoms with E-state index >= 15 is 0 Å². The number of pyridine rings is 1. The Hall–Kier alpha value is -2.58. The van der Waals surface area contributed by atoms with Gasteiger partial charge in [-0.15, -0.1) is 0 Å². The van der Waals surface area contributed by atoms with Crippen LogP contribution in [0.2, 0.25) is 0 Å². The fourth-order valence-electron chi connectivity index (χ4n) is 2.22. The number of halogens is 1. The van der Waals surface area contributed by atoms with Gasteiger partial charge in [-0.2, -0.15) is 4.39 Å². The molecular formula is C14H11FN2O5. The molecule has 3 rings (SSSR count). The molecule has 7 nitrogen and oxygen atoms in total. The molecule has 22 heavy (non-hydrogen) atoms. The summed E-state index contributed by atoms with van der Waals surface area (Å²) in [5.41, 5.74) is 0.639. The van der Waals surface area contributed by atoms with Crippen molar-refractivity contribution in [2.45, 2.75) is 12.7 Å². The van der Waals surface area contributed by atoms with E-state index in [9.17, 15) is 19.6 Å². The van der Waals surface area contributed by atoms with Crippen LogP contribution in [0.4, 0.5) is 10.1 Å². The monoisotopic (exact) mass is 306 g/mol. The summed E-state index contributed by atoms with van der Waals surface area (Å²) in [6.07, 6.45) is 0.329. The molecule has 1 atom stereocenters. The molecule has 114 valence electrons. The summed E-state index contributed by atoms with van der Waals surface area (Å²) in [4.78, 5) is 14.0. The van der Waals surface area contributed by atoms with E-state index in [-0.39, 0.29) is 30.4 Å². The molecule has 0 bridgehead atoms. The van der Waals surface area contributed by atoms with Crippen molar-refractivity contribution in [1.82, 2.24) is 4.98 Å². The average molecular weight is 306 g/mol. The number of nitro benzene ring substituents is 1. The smallest absolute Gasteiger partial charge is 0.311 e. The molecule has 0 amide bonds. The van der Waals surface area contributed by atoms with Crippen LogP contribution in [0.1, 0.15) is 17.2 Å². The van der Waals surface area contributed by atoms with Crippen molar-refractivity contribution >= 4 is 5.69 Å². The van der Waals surface area contributed by atoms with Gasteiger partial charge in [0.2, 0.25) is 5.75 Å². The highest BCUT2D eigenvalue weighted by atomic mass is 19.1. The van der Waals surface area contributed by atoms with Crippen LogP contribution in [0.3, 0.4) is 0 Å². The van der Waals surface area contributed by atoms with E-state index in [1.165, 1.54) is 30.5 Å². The Morgan fingerprint density at radius 2 is 2.27 bits per heavy atom. The molecule has 0 aliphatic carbocycles.